The van der Waals surface area contributed by atoms with Crippen molar-refractivity contribution in [2.24, 2.45) is 0 Å². The van der Waals surface area contributed by atoms with Crippen molar-refractivity contribution in [1.82, 2.24) is 0 Å². The topological polar surface area (TPSA) is 70.3 Å². The molecule has 0 bridgehead atoms. The maximum absolute atomic E-state index is 13.0. The van der Waals surface area contributed by atoms with E-state index in [1.54, 1.807) is 0 Å². The van der Waals surface area contributed by atoms with E-state index in [1.165, 1.54) is 30.3 Å². The average Bonchev–Trinajstić information content (AvgIpc) is 2.46. The highest BCUT2D eigenvalue weighted by Crippen LogP contribution is 2.24. The minimum atomic E-state index is -1.17. The number of carboxylic acids is 1. The van der Waals surface area contributed by atoms with Crippen molar-refractivity contribution in [2.45, 2.75) is 6.61 Å². The van der Waals surface area contributed by atoms with E-state index in [1.807, 2.05) is 6.07 Å². The molecule has 0 saturated carbocycles. The van der Waals surface area contributed by atoms with Gasteiger partial charge in [-0.3, -0.25) is 0 Å². The van der Waals surface area contributed by atoms with E-state index in [9.17, 15) is 9.18 Å². The van der Waals surface area contributed by atoms with Crippen molar-refractivity contribution >= 4 is 17.6 Å². The van der Waals surface area contributed by atoms with Crippen LogP contribution in [0, 0.1) is 17.1 Å². The number of benzene rings is 2. The maximum atomic E-state index is 13.0. The third-order valence-electron chi connectivity index (χ3n) is 2.75. The van der Waals surface area contributed by atoms with Gasteiger partial charge in [0.1, 0.15) is 23.7 Å². The van der Waals surface area contributed by atoms with Crippen molar-refractivity contribution in [1.29, 1.82) is 5.26 Å². The van der Waals surface area contributed by atoms with Crippen LogP contribution in [0.25, 0.3) is 0 Å². The molecule has 21 heavy (non-hydrogen) atoms. The van der Waals surface area contributed by atoms with E-state index in [0.29, 0.717) is 5.56 Å². The number of carboxylic acid groups (broad SMARTS) is 1. The zero-order valence-electron chi connectivity index (χ0n) is 10.6. The molecular weight excluding hydrogens is 297 g/mol. The van der Waals surface area contributed by atoms with Crippen molar-refractivity contribution < 1.29 is 19.0 Å². The van der Waals surface area contributed by atoms with E-state index in [-0.39, 0.29) is 28.5 Å². The van der Waals surface area contributed by atoms with E-state index in [2.05, 4.69) is 0 Å². The first kappa shape index (κ1) is 14.8. The lowest BCUT2D eigenvalue weighted by atomic mass is 10.1. The summed E-state index contributed by atoms with van der Waals surface area (Å²) in [5.41, 5.74) is 0.522. The van der Waals surface area contributed by atoms with Crippen LogP contribution in [0.15, 0.2) is 36.4 Å². The van der Waals surface area contributed by atoms with Gasteiger partial charge in [-0.15, -0.1) is 0 Å². The fourth-order valence-electron chi connectivity index (χ4n) is 1.73. The molecule has 0 fully saturated rings. The Morgan fingerprint density at radius 1 is 1.33 bits per heavy atom. The molecule has 0 heterocycles. The molecule has 0 unspecified atom stereocenters. The van der Waals surface area contributed by atoms with Crippen LogP contribution in [0.4, 0.5) is 4.39 Å². The van der Waals surface area contributed by atoms with Crippen LogP contribution in [-0.4, -0.2) is 11.1 Å². The number of rotatable bonds is 4. The quantitative estimate of drug-likeness (QED) is 0.936. The number of hydrogen-bond acceptors (Lipinski definition) is 3. The predicted octanol–water partition coefficient (Wildman–Crippen LogP) is 3.63. The minimum absolute atomic E-state index is 0.0505. The number of carbonyl (C=O) groups is 1. The SMILES string of the molecule is N#Cc1cc(F)ccc1COc1ccc(Cl)cc1C(=O)O. The molecule has 0 atom stereocenters. The summed E-state index contributed by atoms with van der Waals surface area (Å²) in [5.74, 6) is -1.57. The van der Waals surface area contributed by atoms with Crippen LogP contribution >= 0.6 is 11.6 Å². The van der Waals surface area contributed by atoms with Gasteiger partial charge >= 0.3 is 5.97 Å². The first-order valence-electron chi connectivity index (χ1n) is 5.85. The van der Waals surface area contributed by atoms with Gasteiger partial charge in [0, 0.05) is 10.6 Å². The van der Waals surface area contributed by atoms with Crippen molar-refractivity contribution in [3.8, 4) is 11.8 Å². The normalized spacial score (nSPS) is 9.95. The largest absolute Gasteiger partial charge is 0.488 e. The number of aromatic carboxylic acids is 1. The molecule has 2 rings (SSSR count). The van der Waals surface area contributed by atoms with E-state index in [4.69, 9.17) is 26.7 Å². The fourth-order valence-corrected chi connectivity index (χ4v) is 1.90. The summed E-state index contributed by atoms with van der Waals surface area (Å²) in [5, 5.41) is 18.3. The molecule has 0 saturated heterocycles. The highest BCUT2D eigenvalue weighted by atomic mass is 35.5. The second kappa shape index (κ2) is 6.25. The van der Waals surface area contributed by atoms with Gasteiger partial charge in [-0.1, -0.05) is 17.7 Å². The van der Waals surface area contributed by atoms with E-state index in [0.717, 1.165) is 6.07 Å². The zero-order valence-corrected chi connectivity index (χ0v) is 11.4. The summed E-state index contributed by atoms with van der Waals surface area (Å²) in [6, 6.07) is 9.79. The van der Waals surface area contributed by atoms with Crippen LogP contribution in [-0.2, 0) is 6.61 Å². The molecule has 4 nitrogen and oxygen atoms in total. The van der Waals surface area contributed by atoms with Crippen molar-refractivity contribution in [3.63, 3.8) is 0 Å². The van der Waals surface area contributed by atoms with Crippen LogP contribution in [0.2, 0.25) is 5.02 Å². The minimum Gasteiger partial charge on any atom is -0.488 e. The van der Waals surface area contributed by atoms with Gasteiger partial charge in [-0.2, -0.15) is 5.26 Å². The van der Waals surface area contributed by atoms with Crippen LogP contribution in [0.1, 0.15) is 21.5 Å². The summed E-state index contributed by atoms with van der Waals surface area (Å²) >= 11 is 5.74. The average molecular weight is 306 g/mol. The standard InChI is InChI=1S/C15H9ClFNO3/c16-11-2-4-14(13(6-11)15(19)20)21-8-9-1-3-12(17)5-10(9)7-18/h1-6H,8H2,(H,19,20). The second-order valence-corrected chi connectivity index (χ2v) is 4.58. The predicted molar refractivity (Wildman–Crippen MR) is 73.9 cm³/mol. The molecule has 0 radical (unpaired) electrons. The molecule has 0 spiro atoms. The molecule has 0 aliphatic rings. The third kappa shape index (κ3) is 3.50. The third-order valence-corrected chi connectivity index (χ3v) is 2.98. The monoisotopic (exact) mass is 305 g/mol. The molecule has 106 valence electrons. The van der Waals surface area contributed by atoms with Gasteiger partial charge in [0.2, 0.25) is 0 Å². The lowest BCUT2D eigenvalue weighted by Gasteiger charge is -2.10. The smallest absolute Gasteiger partial charge is 0.339 e. The van der Waals surface area contributed by atoms with Crippen molar-refractivity contribution in [2.75, 3.05) is 0 Å². The van der Waals surface area contributed by atoms with Gasteiger partial charge in [0.25, 0.3) is 0 Å². The number of hydrogen-bond donors (Lipinski definition) is 1. The van der Waals surface area contributed by atoms with Gasteiger partial charge in [0.15, 0.2) is 0 Å². The Morgan fingerprint density at radius 2 is 2.10 bits per heavy atom. The Hall–Kier alpha value is -2.58. The molecule has 1 N–H and O–H groups in total. The molecular formula is C15H9ClFNO3. The zero-order chi connectivity index (χ0) is 15.4. The fraction of sp³-hybridized carbons (Fsp3) is 0.0667. The molecule has 0 aromatic heterocycles. The molecule has 2 aromatic rings. The molecule has 0 aliphatic heterocycles. The van der Waals surface area contributed by atoms with Crippen molar-refractivity contribution in [3.05, 3.63) is 63.9 Å². The van der Waals surface area contributed by atoms with Crippen LogP contribution < -0.4 is 4.74 Å². The number of nitriles is 1. The van der Waals surface area contributed by atoms with Gasteiger partial charge in [-0.05, 0) is 30.3 Å². The summed E-state index contributed by atoms with van der Waals surface area (Å²) in [6.07, 6.45) is 0. The van der Waals surface area contributed by atoms with Gasteiger partial charge in [0.05, 0.1) is 11.6 Å². The number of ether oxygens (including phenoxy) is 1. The summed E-state index contributed by atoms with van der Waals surface area (Å²) in [4.78, 5) is 11.1. The highest BCUT2D eigenvalue weighted by molar-refractivity contribution is 6.31. The second-order valence-electron chi connectivity index (χ2n) is 4.15. The summed E-state index contributed by atoms with van der Waals surface area (Å²) < 4.78 is 18.4. The Labute approximate surface area is 125 Å². The first-order chi connectivity index (χ1) is 10.0. The maximum Gasteiger partial charge on any atom is 0.339 e. The van der Waals surface area contributed by atoms with Crippen LogP contribution in [0.5, 0.6) is 5.75 Å². The highest BCUT2D eigenvalue weighted by Gasteiger charge is 2.13. The Balaban J connectivity index is 2.25. The molecule has 0 aliphatic carbocycles. The van der Waals surface area contributed by atoms with E-state index < -0.39 is 11.8 Å². The molecule has 2 aromatic carbocycles. The molecule has 0 amide bonds. The Bertz CT molecular complexity index is 740. The number of halogens is 2. The number of nitrogens with zero attached hydrogens (tertiary/aromatic N) is 1. The summed E-state index contributed by atoms with van der Waals surface area (Å²) in [6.45, 7) is -0.0505. The van der Waals surface area contributed by atoms with E-state index >= 15 is 0 Å². The molecule has 6 heteroatoms. The Morgan fingerprint density at radius 3 is 2.76 bits per heavy atom. The summed E-state index contributed by atoms with van der Waals surface area (Å²) in [7, 11) is 0. The first-order valence-corrected chi connectivity index (χ1v) is 6.23. The Kier molecular flexibility index (Phi) is 4.41. The lowest BCUT2D eigenvalue weighted by Crippen LogP contribution is -2.04. The van der Waals surface area contributed by atoms with Crippen LogP contribution in [0.3, 0.4) is 0 Å². The lowest BCUT2D eigenvalue weighted by molar-refractivity contribution is 0.0691. The van der Waals surface area contributed by atoms with Gasteiger partial charge < -0.3 is 9.84 Å². The van der Waals surface area contributed by atoms with Gasteiger partial charge in [-0.25, -0.2) is 9.18 Å².